The van der Waals surface area contributed by atoms with E-state index < -0.39 is 27.5 Å². The zero-order chi connectivity index (χ0) is 22.1. The highest BCUT2D eigenvalue weighted by Gasteiger charge is 2.33. The predicted octanol–water partition coefficient (Wildman–Crippen LogP) is 4.55. The first-order chi connectivity index (χ1) is 14.0. The second-order valence-electron chi connectivity index (χ2n) is 6.59. The van der Waals surface area contributed by atoms with Crippen LogP contribution in [0.15, 0.2) is 58.3 Å². The first-order valence-electron chi connectivity index (χ1n) is 8.67. The van der Waals surface area contributed by atoms with Crippen LogP contribution in [0, 0.1) is 0 Å². The maximum absolute atomic E-state index is 12.9. The Morgan fingerprint density at radius 1 is 1.13 bits per heavy atom. The molecule has 0 aliphatic carbocycles. The van der Waals surface area contributed by atoms with Gasteiger partial charge in [-0.2, -0.15) is 13.2 Å². The molecular formula is C20H16F3NO3S3. The quantitative estimate of drug-likeness (QED) is 0.473. The van der Waals surface area contributed by atoms with Crippen LogP contribution in [0.2, 0.25) is 0 Å². The third kappa shape index (κ3) is 5.11. The van der Waals surface area contributed by atoms with E-state index in [4.69, 9.17) is 12.2 Å². The standard InChI is InChI=1S/C20H16F3NO3S3/c1-30(26,27)17-8-3-2-6-14(17)12-16-18(25)24(19(28)29-16)10-9-13-5-4-7-15(11-13)20(21,22)23/h2-8,11-12H,9-10H2,1H3/b16-12-. The molecule has 30 heavy (non-hydrogen) atoms. The van der Waals surface area contributed by atoms with Gasteiger partial charge in [-0.05, 0) is 35.8 Å². The maximum atomic E-state index is 12.9. The number of sulfone groups is 1. The Kier molecular flexibility index (Phi) is 6.40. The average Bonchev–Trinajstić information content (AvgIpc) is 2.92. The molecule has 2 aromatic carbocycles. The van der Waals surface area contributed by atoms with Crippen LogP contribution in [0.4, 0.5) is 13.2 Å². The molecule has 0 aromatic heterocycles. The van der Waals surface area contributed by atoms with Crippen molar-refractivity contribution in [3.8, 4) is 0 Å². The fraction of sp³-hybridized carbons (Fsp3) is 0.200. The van der Waals surface area contributed by atoms with Crippen molar-refractivity contribution in [3.63, 3.8) is 0 Å². The number of thioether (sulfide) groups is 1. The molecule has 0 radical (unpaired) electrons. The molecule has 1 heterocycles. The molecule has 0 unspecified atom stereocenters. The lowest BCUT2D eigenvalue weighted by atomic mass is 10.1. The van der Waals surface area contributed by atoms with Crippen molar-refractivity contribution < 1.29 is 26.4 Å². The summed E-state index contributed by atoms with van der Waals surface area (Å²) >= 11 is 6.28. The minimum absolute atomic E-state index is 0.0965. The van der Waals surface area contributed by atoms with Crippen LogP contribution < -0.4 is 0 Å². The van der Waals surface area contributed by atoms with E-state index in [0.717, 1.165) is 30.2 Å². The number of thiocarbonyl (C=S) groups is 1. The third-order valence-corrected chi connectivity index (χ3v) is 6.91. The fourth-order valence-corrected chi connectivity index (χ4v) is 5.10. The number of rotatable bonds is 5. The Hall–Kier alpha value is -2.17. The van der Waals surface area contributed by atoms with Gasteiger partial charge in [-0.25, -0.2) is 8.42 Å². The van der Waals surface area contributed by atoms with Crippen molar-refractivity contribution in [2.45, 2.75) is 17.5 Å². The molecule has 0 bridgehead atoms. The van der Waals surface area contributed by atoms with Crippen LogP contribution in [0.25, 0.3) is 6.08 Å². The van der Waals surface area contributed by atoms with Crippen LogP contribution in [0.1, 0.15) is 16.7 Å². The number of alkyl halides is 3. The zero-order valence-electron chi connectivity index (χ0n) is 15.6. The molecule has 10 heteroatoms. The van der Waals surface area contributed by atoms with E-state index in [1.54, 1.807) is 24.3 Å². The van der Waals surface area contributed by atoms with Gasteiger partial charge in [-0.1, -0.05) is 60.4 Å². The summed E-state index contributed by atoms with van der Waals surface area (Å²) in [5.74, 6) is -0.403. The zero-order valence-corrected chi connectivity index (χ0v) is 18.1. The van der Waals surface area contributed by atoms with Crippen LogP contribution in [0.5, 0.6) is 0 Å². The van der Waals surface area contributed by atoms with Gasteiger partial charge in [0.2, 0.25) is 0 Å². The Bertz CT molecular complexity index is 1140. The summed E-state index contributed by atoms with van der Waals surface area (Å²) in [5.41, 5.74) is 0.0614. The molecule has 0 atom stereocenters. The molecule has 3 rings (SSSR count). The fourth-order valence-electron chi connectivity index (χ4n) is 2.92. The summed E-state index contributed by atoms with van der Waals surface area (Å²) in [6.07, 6.45) is -1.68. The average molecular weight is 472 g/mol. The normalized spacial score (nSPS) is 16.5. The number of hydrogen-bond acceptors (Lipinski definition) is 5. The largest absolute Gasteiger partial charge is 0.416 e. The Labute approximate surface area is 181 Å². The minimum atomic E-state index is -4.44. The molecule has 2 aromatic rings. The van der Waals surface area contributed by atoms with E-state index in [2.05, 4.69) is 0 Å². The molecule has 0 spiro atoms. The van der Waals surface area contributed by atoms with E-state index in [-0.39, 0.29) is 27.1 Å². The van der Waals surface area contributed by atoms with Crippen molar-refractivity contribution in [2.24, 2.45) is 0 Å². The lowest BCUT2D eigenvalue weighted by Gasteiger charge is -2.15. The summed E-state index contributed by atoms with van der Waals surface area (Å²) < 4.78 is 62.8. The smallest absolute Gasteiger partial charge is 0.293 e. The number of amides is 1. The van der Waals surface area contributed by atoms with Crippen molar-refractivity contribution in [1.82, 2.24) is 4.90 Å². The highest BCUT2D eigenvalue weighted by molar-refractivity contribution is 8.26. The molecular weight excluding hydrogens is 455 g/mol. The number of carbonyl (C=O) groups excluding carboxylic acids is 1. The lowest BCUT2D eigenvalue weighted by molar-refractivity contribution is -0.137. The molecule has 0 N–H and O–H groups in total. The van der Waals surface area contributed by atoms with Crippen molar-refractivity contribution in [1.29, 1.82) is 0 Å². The molecule has 158 valence electrons. The van der Waals surface area contributed by atoms with E-state index in [1.165, 1.54) is 23.1 Å². The van der Waals surface area contributed by atoms with Crippen molar-refractivity contribution in [2.75, 3.05) is 12.8 Å². The van der Waals surface area contributed by atoms with Gasteiger partial charge in [-0.3, -0.25) is 9.69 Å². The van der Waals surface area contributed by atoms with E-state index in [1.807, 2.05) is 0 Å². The van der Waals surface area contributed by atoms with Gasteiger partial charge in [0.15, 0.2) is 9.84 Å². The highest BCUT2D eigenvalue weighted by atomic mass is 32.2. The van der Waals surface area contributed by atoms with Gasteiger partial charge in [0.25, 0.3) is 5.91 Å². The second-order valence-corrected chi connectivity index (χ2v) is 10.3. The summed E-state index contributed by atoms with van der Waals surface area (Å²) in [5, 5.41) is 0. The van der Waals surface area contributed by atoms with Gasteiger partial charge in [0, 0.05) is 12.8 Å². The Balaban J connectivity index is 1.79. The molecule has 4 nitrogen and oxygen atoms in total. The summed E-state index contributed by atoms with van der Waals surface area (Å²) in [7, 11) is -3.49. The van der Waals surface area contributed by atoms with Crippen molar-refractivity contribution >= 4 is 50.1 Å². The number of nitrogens with zero attached hydrogens (tertiary/aromatic N) is 1. The van der Waals surface area contributed by atoms with E-state index >= 15 is 0 Å². The SMILES string of the molecule is CS(=O)(=O)c1ccccc1/C=C1\SC(=S)N(CCc2cccc(C(F)(F)F)c2)C1=O. The summed E-state index contributed by atoms with van der Waals surface area (Å²) in [4.78, 5) is 14.4. The van der Waals surface area contributed by atoms with Crippen LogP contribution in [-0.2, 0) is 27.2 Å². The number of halogens is 3. The lowest BCUT2D eigenvalue weighted by Crippen LogP contribution is -2.30. The van der Waals surface area contributed by atoms with Crippen molar-refractivity contribution in [3.05, 3.63) is 70.1 Å². The van der Waals surface area contributed by atoms with Gasteiger partial charge >= 0.3 is 6.18 Å². The molecule has 0 saturated carbocycles. The predicted molar refractivity (Wildman–Crippen MR) is 115 cm³/mol. The molecule has 1 aliphatic rings. The summed E-state index contributed by atoms with van der Waals surface area (Å²) in [6.45, 7) is 0.122. The van der Waals surface area contributed by atoms with Crippen LogP contribution >= 0.6 is 24.0 Å². The first kappa shape index (κ1) is 22.5. The van der Waals surface area contributed by atoms with E-state index in [0.29, 0.717) is 11.1 Å². The monoisotopic (exact) mass is 471 g/mol. The Morgan fingerprint density at radius 3 is 2.50 bits per heavy atom. The van der Waals surface area contributed by atoms with Gasteiger partial charge < -0.3 is 0 Å². The maximum Gasteiger partial charge on any atom is 0.416 e. The molecule has 1 fully saturated rings. The third-order valence-electron chi connectivity index (χ3n) is 4.36. The second kappa shape index (κ2) is 8.52. The highest BCUT2D eigenvalue weighted by Crippen LogP contribution is 2.34. The molecule has 1 aliphatic heterocycles. The van der Waals surface area contributed by atoms with Gasteiger partial charge in [-0.15, -0.1) is 0 Å². The van der Waals surface area contributed by atoms with Gasteiger partial charge in [0.05, 0.1) is 15.4 Å². The summed E-state index contributed by atoms with van der Waals surface area (Å²) in [6, 6.07) is 11.2. The van der Waals surface area contributed by atoms with Crippen LogP contribution in [-0.4, -0.2) is 36.3 Å². The number of benzene rings is 2. The van der Waals surface area contributed by atoms with Gasteiger partial charge in [0.1, 0.15) is 4.32 Å². The van der Waals surface area contributed by atoms with Crippen LogP contribution in [0.3, 0.4) is 0 Å². The minimum Gasteiger partial charge on any atom is -0.293 e. The molecule has 1 saturated heterocycles. The first-order valence-corrected chi connectivity index (χ1v) is 11.8. The topological polar surface area (TPSA) is 54.5 Å². The van der Waals surface area contributed by atoms with E-state index in [9.17, 15) is 26.4 Å². The molecule has 1 amide bonds. The number of carbonyl (C=O) groups is 1. The number of hydrogen-bond donors (Lipinski definition) is 0. The Morgan fingerprint density at radius 2 is 1.83 bits per heavy atom.